The Balaban J connectivity index is 2.08. The SMILES string of the molecule is CCOC(=O)C1=C(N)OC2=C(C(=O)CCC2)[C@@]12C(=O)Nc1ccc(Br)cc12. The number of fused-ring (bicyclic) bond motifs is 3. The zero-order chi connectivity index (χ0) is 19.3. The standard InChI is InChI=1S/C19H17BrN2O5/c1-2-26-17(24)15-16(21)27-13-5-3-4-12(23)14(13)19(15)10-8-9(20)6-7-11(10)22-18(19)25/h6-8H,2-5,21H2,1H3,(H,22,25)/t19-/m1/s1. The summed E-state index contributed by atoms with van der Waals surface area (Å²) < 4.78 is 11.5. The minimum Gasteiger partial charge on any atom is -0.462 e. The van der Waals surface area contributed by atoms with Gasteiger partial charge in [0.25, 0.3) is 0 Å². The number of hydrogen-bond acceptors (Lipinski definition) is 6. The van der Waals surface area contributed by atoms with E-state index in [9.17, 15) is 14.4 Å². The molecule has 2 aliphatic heterocycles. The summed E-state index contributed by atoms with van der Waals surface area (Å²) in [4.78, 5) is 39.1. The number of ether oxygens (including phenoxy) is 2. The summed E-state index contributed by atoms with van der Waals surface area (Å²) in [6.45, 7) is 1.75. The number of carbonyl (C=O) groups excluding carboxylic acids is 3. The highest BCUT2D eigenvalue weighted by Gasteiger charge is 2.61. The van der Waals surface area contributed by atoms with E-state index in [1.807, 2.05) is 0 Å². The first-order chi connectivity index (χ1) is 12.9. The summed E-state index contributed by atoms with van der Waals surface area (Å²) in [5.41, 5.74) is 5.47. The fraction of sp³-hybridized carbons (Fsp3) is 0.316. The molecule has 1 aromatic rings. The second-order valence-electron chi connectivity index (χ2n) is 6.53. The molecule has 0 radical (unpaired) electrons. The smallest absolute Gasteiger partial charge is 0.341 e. The van der Waals surface area contributed by atoms with Crippen molar-refractivity contribution in [1.29, 1.82) is 0 Å². The van der Waals surface area contributed by atoms with Gasteiger partial charge in [-0.3, -0.25) is 9.59 Å². The molecule has 1 aromatic carbocycles. The maximum absolute atomic E-state index is 13.3. The van der Waals surface area contributed by atoms with Gasteiger partial charge in [0.1, 0.15) is 16.7 Å². The van der Waals surface area contributed by atoms with Gasteiger partial charge in [-0.1, -0.05) is 15.9 Å². The molecule has 7 nitrogen and oxygen atoms in total. The molecule has 0 unspecified atom stereocenters. The Bertz CT molecular complexity index is 965. The summed E-state index contributed by atoms with van der Waals surface area (Å²) in [5, 5.41) is 2.79. The van der Waals surface area contributed by atoms with Crippen LogP contribution in [0, 0.1) is 0 Å². The number of allylic oxidation sites excluding steroid dienone is 1. The maximum Gasteiger partial charge on any atom is 0.341 e. The van der Waals surface area contributed by atoms with Crippen molar-refractivity contribution in [2.75, 3.05) is 11.9 Å². The van der Waals surface area contributed by atoms with Crippen molar-refractivity contribution in [1.82, 2.24) is 0 Å². The zero-order valence-corrected chi connectivity index (χ0v) is 16.1. The first-order valence-electron chi connectivity index (χ1n) is 8.64. The van der Waals surface area contributed by atoms with Crippen molar-refractivity contribution in [3.05, 3.63) is 51.0 Å². The number of halogens is 1. The lowest BCUT2D eigenvalue weighted by molar-refractivity contribution is -0.141. The van der Waals surface area contributed by atoms with Crippen molar-refractivity contribution in [2.45, 2.75) is 31.6 Å². The number of anilines is 1. The van der Waals surface area contributed by atoms with Crippen LogP contribution >= 0.6 is 15.9 Å². The fourth-order valence-corrected chi connectivity index (χ4v) is 4.42. The second kappa shape index (κ2) is 6.23. The Hall–Kier alpha value is -2.61. The van der Waals surface area contributed by atoms with E-state index in [1.165, 1.54) is 0 Å². The third-order valence-corrected chi connectivity index (χ3v) is 5.54. The summed E-state index contributed by atoms with van der Waals surface area (Å²) in [6, 6.07) is 5.21. The van der Waals surface area contributed by atoms with Crippen LogP contribution in [0.5, 0.6) is 0 Å². The predicted molar refractivity (Wildman–Crippen MR) is 99.3 cm³/mol. The molecule has 0 bridgehead atoms. The quantitative estimate of drug-likeness (QED) is 0.694. The Labute approximate surface area is 163 Å². The fourth-order valence-electron chi connectivity index (χ4n) is 4.06. The van der Waals surface area contributed by atoms with Crippen LogP contribution in [-0.2, 0) is 29.3 Å². The van der Waals surface area contributed by atoms with E-state index in [4.69, 9.17) is 15.2 Å². The number of Topliss-reactive ketones (excluding diaryl/α,β-unsaturated/α-hetero) is 1. The molecule has 1 aliphatic carbocycles. The molecule has 3 aliphatic rings. The number of hydrogen-bond donors (Lipinski definition) is 2. The topological polar surface area (TPSA) is 108 Å². The van der Waals surface area contributed by atoms with Gasteiger partial charge in [-0.05, 0) is 31.5 Å². The van der Waals surface area contributed by atoms with Gasteiger partial charge >= 0.3 is 5.97 Å². The number of amides is 1. The van der Waals surface area contributed by atoms with Gasteiger partial charge in [-0.15, -0.1) is 0 Å². The first kappa shape index (κ1) is 17.8. The van der Waals surface area contributed by atoms with Gasteiger partial charge in [0.2, 0.25) is 11.8 Å². The summed E-state index contributed by atoms with van der Waals surface area (Å²) in [6.07, 6.45) is 1.34. The average Bonchev–Trinajstić information content (AvgIpc) is 2.87. The van der Waals surface area contributed by atoms with Gasteiger partial charge in [-0.25, -0.2) is 4.79 Å². The van der Waals surface area contributed by atoms with Crippen LogP contribution in [0.3, 0.4) is 0 Å². The van der Waals surface area contributed by atoms with E-state index in [0.717, 1.165) is 0 Å². The molecule has 8 heteroatoms. The third kappa shape index (κ3) is 2.36. The number of nitrogens with two attached hydrogens (primary N) is 1. The largest absolute Gasteiger partial charge is 0.462 e. The monoisotopic (exact) mass is 432 g/mol. The minimum absolute atomic E-state index is 0.0957. The lowest BCUT2D eigenvalue weighted by atomic mass is 9.65. The molecule has 0 aromatic heterocycles. The van der Waals surface area contributed by atoms with Crippen molar-refractivity contribution >= 4 is 39.3 Å². The van der Waals surface area contributed by atoms with Gasteiger partial charge < -0.3 is 20.5 Å². The van der Waals surface area contributed by atoms with Crippen LogP contribution in [0.2, 0.25) is 0 Å². The number of ketones is 1. The molecule has 1 atom stereocenters. The molecular weight excluding hydrogens is 416 g/mol. The molecule has 2 heterocycles. The lowest BCUT2D eigenvalue weighted by Crippen LogP contribution is -2.49. The average molecular weight is 433 g/mol. The Kier molecular flexibility index (Phi) is 4.10. The van der Waals surface area contributed by atoms with E-state index in [-0.39, 0.29) is 35.8 Å². The first-order valence-corrected chi connectivity index (χ1v) is 9.44. The molecule has 0 saturated heterocycles. The van der Waals surface area contributed by atoms with Crippen molar-refractivity contribution in [3.63, 3.8) is 0 Å². The predicted octanol–water partition coefficient (Wildman–Crippen LogP) is 2.41. The van der Waals surface area contributed by atoms with Crippen molar-refractivity contribution < 1.29 is 23.9 Å². The molecule has 4 rings (SSSR count). The van der Waals surface area contributed by atoms with Crippen LogP contribution in [-0.4, -0.2) is 24.3 Å². The maximum atomic E-state index is 13.3. The summed E-state index contributed by atoms with van der Waals surface area (Å²) in [5.74, 6) is -1.37. The Morgan fingerprint density at radius 1 is 1.37 bits per heavy atom. The van der Waals surface area contributed by atoms with E-state index in [0.29, 0.717) is 34.3 Å². The molecule has 1 spiro atoms. The number of rotatable bonds is 2. The summed E-state index contributed by atoms with van der Waals surface area (Å²) >= 11 is 3.41. The normalized spacial score (nSPS) is 23.8. The van der Waals surface area contributed by atoms with Crippen molar-refractivity contribution in [3.8, 4) is 0 Å². The van der Waals surface area contributed by atoms with Gasteiger partial charge in [0, 0.05) is 28.6 Å². The van der Waals surface area contributed by atoms with Crippen LogP contribution in [0.25, 0.3) is 0 Å². The van der Waals surface area contributed by atoms with Crippen LogP contribution < -0.4 is 11.1 Å². The van der Waals surface area contributed by atoms with Crippen LogP contribution in [0.4, 0.5) is 5.69 Å². The molecule has 3 N–H and O–H groups in total. The lowest BCUT2D eigenvalue weighted by Gasteiger charge is -2.38. The molecule has 1 amide bonds. The van der Waals surface area contributed by atoms with Crippen molar-refractivity contribution in [2.24, 2.45) is 5.73 Å². The van der Waals surface area contributed by atoms with E-state index in [2.05, 4.69) is 21.2 Å². The van der Waals surface area contributed by atoms with E-state index in [1.54, 1.807) is 25.1 Å². The molecular formula is C19H17BrN2O5. The molecule has 140 valence electrons. The Morgan fingerprint density at radius 2 is 2.15 bits per heavy atom. The highest BCUT2D eigenvalue weighted by atomic mass is 79.9. The number of esters is 1. The molecule has 0 saturated carbocycles. The zero-order valence-electron chi connectivity index (χ0n) is 14.6. The minimum atomic E-state index is -1.67. The van der Waals surface area contributed by atoms with Crippen LogP contribution in [0.15, 0.2) is 45.5 Å². The molecule has 0 fully saturated rings. The molecule has 27 heavy (non-hydrogen) atoms. The third-order valence-electron chi connectivity index (χ3n) is 5.05. The number of carbonyl (C=O) groups is 3. The van der Waals surface area contributed by atoms with Gasteiger partial charge in [0.15, 0.2) is 5.78 Å². The second-order valence-corrected chi connectivity index (χ2v) is 7.45. The highest BCUT2D eigenvalue weighted by molar-refractivity contribution is 9.10. The van der Waals surface area contributed by atoms with Gasteiger partial charge in [-0.2, -0.15) is 0 Å². The van der Waals surface area contributed by atoms with Crippen LogP contribution in [0.1, 0.15) is 31.7 Å². The van der Waals surface area contributed by atoms with E-state index >= 15 is 0 Å². The van der Waals surface area contributed by atoms with E-state index < -0.39 is 17.3 Å². The number of benzene rings is 1. The Morgan fingerprint density at radius 3 is 2.89 bits per heavy atom. The summed E-state index contributed by atoms with van der Waals surface area (Å²) in [7, 11) is 0. The van der Waals surface area contributed by atoms with Gasteiger partial charge in [0.05, 0.1) is 12.2 Å². The highest BCUT2D eigenvalue weighted by Crippen LogP contribution is 2.54. The number of nitrogens with one attached hydrogen (secondary N) is 1.